The quantitative estimate of drug-likeness (QED) is 0.625. The molecular formula is C9H16N6O2. The van der Waals surface area contributed by atoms with Gasteiger partial charge in [-0.05, 0) is 13.8 Å². The summed E-state index contributed by atoms with van der Waals surface area (Å²) in [4.78, 5) is 21.5. The zero-order valence-corrected chi connectivity index (χ0v) is 9.80. The van der Waals surface area contributed by atoms with Gasteiger partial charge >= 0.3 is 6.03 Å². The van der Waals surface area contributed by atoms with Gasteiger partial charge in [-0.15, -0.1) is 5.10 Å². The molecule has 0 fully saturated rings. The molecule has 1 aromatic rings. The molecule has 1 rings (SSSR count). The van der Waals surface area contributed by atoms with E-state index in [-0.39, 0.29) is 6.42 Å². The Kier molecular flexibility index (Phi) is 3.79. The van der Waals surface area contributed by atoms with Crippen LogP contribution in [0.25, 0.3) is 0 Å². The number of amides is 3. The largest absolute Gasteiger partial charge is 0.351 e. The Morgan fingerprint density at radius 3 is 2.65 bits per heavy atom. The number of aromatic nitrogens is 3. The van der Waals surface area contributed by atoms with Crippen LogP contribution in [-0.2, 0) is 16.9 Å². The Labute approximate surface area is 98.3 Å². The van der Waals surface area contributed by atoms with Crippen LogP contribution in [0.15, 0.2) is 6.20 Å². The number of nitrogens with two attached hydrogens (primary N) is 2. The lowest BCUT2D eigenvalue weighted by atomic mass is 10.0. The molecule has 0 aliphatic rings. The van der Waals surface area contributed by atoms with E-state index in [9.17, 15) is 9.59 Å². The minimum Gasteiger partial charge on any atom is -0.351 e. The molecule has 0 radical (unpaired) electrons. The molecule has 0 bridgehead atoms. The third-order valence-corrected chi connectivity index (χ3v) is 2.03. The standard InChI is InChI=1S/C9H16N6O2/c1-9(2,11)6-5-15(14-13-6)4-3-7(16)12-8(10)17/h5H,3-4,11H2,1-2H3,(H3,10,12,16,17). The fourth-order valence-corrected chi connectivity index (χ4v) is 1.12. The van der Waals surface area contributed by atoms with Crippen LogP contribution in [0.2, 0.25) is 0 Å². The lowest BCUT2D eigenvalue weighted by Crippen LogP contribution is -2.35. The number of carbonyl (C=O) groups is 2. The molecule has 0 saturated heterocycles. The van der Waals surface area contributed by atoms with E-state index < -0.39 is 17.5 Å². The smallest absolute Gasteiger partial charge is 0.318 e. The highest BCUT2D eigenvalue weighted by Crippen LogP contribution is 2.12. The Morgan fingerprint density at radius 2 is 2.18 bits per heavy atom. The van der Waals surface area contributed by atoms with Gasteiger partial charge in [0.2, 0.25) is 5.91 Å². The van der Waals surface area contributed by atoms with Crippen molar-refractivity contribution in [3.63, 3.8) is 0 Å². The van der Waals surface area contributed by atoms with Gasteiger partial charge in [0.25, 0.3) is 0 Å². The maximum Gasteiger partial charge on any atom is 0.318 e. The lowest BCUT2D eigenvalue weighted by Gasteiger charge is -2.13. The SMILES string of the molecule is CC(C)(N)c1cn(CCC(=O)NC(N)=O)nn1. The van der Waals surface area contributed by atoms with Crippen molar-refractivity contribution in [2.45, 2.75) is 32.4 Å². The zero-order valence-electron chi connectivity index (χ0n) is 9.80. The summed E-state index contributed by atoms with van der Waals surface area (Å²) in [6, 6.07) is -0.864. The molecular weight excluding hydrogens is 224 g/mol. The van der Waals surface area contributed by atoms with E-state index in [2.05, 4.69) is 10.3 Å². The summed E-state index contributed by atoms with van der Waals surface area (Å²) >= 11 is 0. The Bertz CT molecular complexity index is 419. The molecule has 8 heteroatoms. The summed E-state index contributed by atoms with van der Waals surface area (Å²) in [7, 11) is 0. The average molecular weight is 240 g/mol. The first-order valence-corrected chi connectivity index (χ1v) is 5.08. The summed E-state index contributed by atoms with van der Waals surface area (Å²) in [5.41, 5.74) is 10.7. The molecule has 17 heavy (non-hydrogen) atoms. The molecule has 1 aromatic heterocycles. The fraction of sp³-hybridized carbons (Fsp3) is 0.556. The molecule has 0 atom stereocenters. The number of nitrogens with zero attached hydrogens (tertiary/aromatic N) is 3. The number of hydrogen-bond acceptors (Lipinski definition) is 5. The van der Waals surface area contributed by atoms with Crippen LogP contribution in [0.4, 0.5) is 4.79 Å². The van der Waals surface area contributed by atoms with Gasteiger partial charge in [-0.2, -0.15) is 0 Å². The van der Waals surface area contributed by atoms with E-state index in [1.165, 1.54) is 4.68 Å². The maximum absolute atomic E-state index is 11.1. The maximum atomic E-state index is 11.1. The fourth-order valence-electron chi connectivity index (χ4n) is 1.12. The van der Waals surface area contributed by atoms with Gasteiger partial charge in [-0.25, -0.2) is 4.79 Å². The van der Waals surface area contributed by atoms with Crippen LogP contribution >= 0.6 is 0 Å². The Balaban J connectivity index is 2.51. The Hall–Kier alpha value is -1.96. The second-order valence-electron chi connectivity index (χ2n) is 4.25. The van der Waals surface area contributed by atoms with E-state index >= 15 is 0 Å². The molecule has 0 unspecified atom stereocenters. The van der Waals surface area contributed by atoms with Gasteiger partial charge in [0.15, 0.2) is 0 Å². The summed E-state index contributed by atoms with van der Waals surface area (Å²) in [5.74, 6) is -0.457. The van der Waals surface area contributed by atoms with Crippen LogP contribution in [0.5, 0.6) is 0 Å². The number of rotatable bonds is 4. The minimum absolute atomic E-state index is 0.0940. The van der Waals surface area contributed by atoms with Crippen molar-refractivity contribution in [1.82, 2.24) is 20.3 Å². The average Bonchev–Trinajstić information content (AvgIpc) is 2.61. The van der Waals surface area contributed by atoms with Gasteiger partial charge in [0.05, 0.1) is 18.3 Å². The first-order chi connectivity index (χ1) is 7.79. The van der Waals surface area contributed by atoms with E-state index in [0.717, 1.165) is 0 Å². The topological polar surface area (TPSA) is 129 Å². The molecule has 3 amide bonds. The van der Waals surface area contributed by atoms with Crippen molar-refractivity contribution in [3.05, 3.63) is 11.9 Å². The number of urea groups is 1. The predicted molar refractivity (Wildman–Crippen MR) is 59.6 cm³/mol. The van der Waals surface area contributed by atoms with Crippen LogP contribution in [0.3, 0.4) is 0 Å². The number of nitrogens with one attached hydrogen (secondary N) is 1. The van der Waals surface area contributed by atoms with Crippen LogP contribution in [0.1, 0.15) is 26.0 Å². The summed E-state index contributed by atoms with van der Waals surface area (Å²) in [6.07, 6.45) is 1.76. The van der Waals surface area contributed by atoms with Crippen LogP contribution < -0.4 is 16.8 Å². The molecule has 8 nitrogen and oxygen atoms in total. The van der Waals surface area contributed by atoms with Crippen molar-refractivity contribution >= 4 is 11.9 Å². The number of hydrogen-bond donors (Lipinski definition) is 3. The second kappa shape index (κ2) is 4.91. The van der Waals surface area contributed by atoms with E-state index in [1.807, 2.05) is 5.32 Å². The van der Waals surface area contributed by atoms with E-state index in [4.69, 9.17) is 11.5 Å². The predicted octanol–water partition coefficient (Wildman–Crippen LogP) is -0.943. The van der Waals surface area contributed by atoms with Crippen molar-refractivity contribution in [2.75, 3.05) is 0 Å². The first-order valence-electron chi connectivity index (χ1n) is 5.08. The highest BCUT2D eigenvalue weighted by molar-refractivity contribution is 5.93. The van der Waals surface area contributed by atoms with Crippen LogP contribution in [-0.4, -0.2) is 26.9 Å². The van der Waals surface area contributed by atoms with Crippen LogP contribution in [0, 0.1) is 0 Å². The number of primary amides is 1. The molecule has 94 valence electrons. The lowest BCUT2D eigenvalue weighted by molar-refractivity contribution is -0.120. The monoisotopic (exact) mass is 240 g/mol. The van der Waals surface area contributed by atoms with Crippen molar-refractivity contribution < 1.29 is 9.59 Å². The molecule has 0 aliphatic heterocycles. The normalized spacial score (nSPS) is 11.2. The highest BCUT2D eigenvalue weighted by atomic mass is 16.2. The van der Waals surface area contributed by atoms with Gasteiger partial charge in [0.1, 0.15) is 5.69 Å². The zero-order chi connectivity index (χ0) is 13.1. The summed E-state index contributed by atoms with van der Waals surface area (Å²) < 4.78 is 1.49. The molecule has 1 heterocycles. The third kappa shape index (κ3) is 4.19. The summed E-state index contributed by atoms with van der Waals surface area (Å²) in [5, 5.41) is 9.68. The van der Waals surface area contributed by atoms with E-state index in [0.29, 0.717) is 12.2 Å². The highest BCUT2D eigenvalue weighted by Gasteiger charge is 2.18. The molecule has 0 aromatic carbocycles. The van der Waals surface area contributed by atoms with E-state index in [1.54, 1.807) is 20.0 Å². The number of aryl methyl sites for hydroxylation is 1. The first kappa shape index (κ1) is 13.1. The number of carbonyl (C=O) groups excluding carboxylic acids is 2. The van der Waals surface area contributed by atoms with Gasteiger partial charge in [0, 0.05) is 6.42 Å². The van der Waals surface area contributed by atoms with Gasteiger partial charge < -0.3 is 11.5 Å². The van der Waals surface area contributed by atoms with Gasteiger partial charge in [-0.1, -0.05) is 5.21 Å². The van der Waals surface area contributed by atoms with Crippen molar-refractivity contribution in [1.29, 1.82) is 0 Å². The molecule has 0 spiro atoms. The third-order valence-electron chi connectivity index (χ3n) is 2.03. The molecule has 0 aliphatic carbocycles. The minimum atomic E-state index is -0.864. The number of imide groups is 1. The molecule has 0 saturated carbocycles. The van der Waals surface area contributed by atoms with Gasteiger partial charge in [-0.3, -0.25) is 14.8 Å². The van der Waals surface area contributed by atoms with Crippen molar-refractivity contribution in [3.8, 4) is 0 Å². The Morgan fingerprint density at radius 1 is 1.53 bits per heavy atom. The van der Waals surface area contributed by atoms with Crippen molar-refractivity contribution in [2.24, 2.45) is 11.5 Å². The second-order valence-corrected chi connectivity index (χ2v) is 4.25. The summed E-state index contributed by atoms with van der Waals surface area (Å²) in [6.45, 7) is 3.92. The molecule has 5 N–H and O–H groups in total.